The number of benzene rings is 2. The summed E-state index contributed by atoms with van der Waals surface area (Å²) < 4.78 is 12.8. The number of nitrogens with zero attached hydrogens (tertiary/aromatic N) is 2. The predicted octanol–water partition coefficient (Wildman–Crippen LogP) is 10.0. The molecule has 0 aliphatic carbocycles. The molecule has 2 saturated heterocycles. The van der Waals surface area contributed by atoms with Gasteiger partial charge in [0.25, 0.3) is 0 Å². The molecule has 0 unspecified atom stereocenters. The molecule has 2 heterocycles. The van der Waals surface area contributed by atoms with Crippen LogP contribution in [-0.2, 0) is 15.9 Å². The van der Waals surface area contributed by atoms with Crippen molar-refractivity contribution in [2.45, 2.75) is 125 Å². The number of nitrogens with two attached hydrogens (primary N) is 1. The van der Waals surface area contributed by atoms with Crippen LogP contribution in [0, 0.1) is 19.3 Å². The van der Waals surface area contributed by atoms with E-state index in [1.54, 1.807) is 11.0 Å². The molecule has 4 rings (SSSR count). The van der Waals surface area contributed by atoms with Gasteiger partial charge < -0.3 is 25.0 Å². The van der Waals surface area contributed by atoms with Crippen LogP contribution in [0.25, 0.3) is 0 Å². The van der Waals surface area contributed by atoms with Crippen LogP contribution in [-0.4, -0.2) is 71.2 Å². The zero-order valence-electron chi connectivity index (χ0n) is 31.4. The number of aldehydes is 1. The van der Waals surface area contributed by atoms with Crippen molar-refractivity contribution < 1.29 is 23.9 Å². The number of halogens is 2. The fourth-order valence-corrected chi connectivity index (χ4v) is 6.63. The Kier molecular flexibility index (Phi) is 15.9. The second-order valence-electron chi connectivity index (χ2n) is 16.1. The summed E-state index contributed by atoms with van der Waals surface area (Å²) in [6, 6.07) is 12.2. The van der Waals surface area contributed by atoms with Gasteiger partial charge in [-0.15, -0.1) is 0 Å². The van der Waals surface area contributed by atoms with Gasteiger partial charge in [0.1, 0.15) is 11.2 Å². The van der Waals surface area contributed by atoms with E-state index in [4.69, 9.17) is 15.2 Å². The number of amides is 2. The number of rotatable bonds is 4. The van der Waals surface area contributed by atoms with Crippen molar-refractivity contribution in [1.82, 2.24) is 9.80 Å². The van der Waals surface area contributed by atoms with E-state index in [9.17, 15) is 14.4 Å². The van der Waals surface area contributed by atoms with Gasteiger partial charge in [-0.05, 0) is 135 Å². The van der Waals surface area contributed by atoms with Crippen molar-refractivity contribution in [3.8, 4) is 0 Å². The minimum Gasteiger partial charge on any atom is -0.444 e. The van der Waals surface area contributed by atoms with Gasteiger partial charge in [0.05, 0.1) is 0 Å². The highest BCUT2D eigenvalue weighted by Gasteiger charge is 2.34. The third-order valence-electron chi connectivity index (χ3n) is 8.67. The fraction of sp³-hybridized carbons (Fsp3) is 0.615. The highest BCUT2D eigenvalue weighted by atomic mass is 79.9. The van der Waals surface area contributed by atoms with Crippen molar-refractivity contribution in [3.63, 3.8) is 0 Å². The standard InChI is InChI=1S/C20H30BrNO2.C11H22N2O2.C8H7BrO/c1-15-6-7-16(17(21)14-15)8-9-20(5)10-12-22(13-11-20)18(23)24-19(2,3)4;1-10(2,3)15-9(14)13-7-5-11(4,12)6-8-13;1-6-2-3-7(5-10)8(9)4-6/h6-7,14H,8-13H2,1-5H3;5-8,12H2,1-4H3;2-5H,1H3. The number of ether oxygens (including phenoxy) is 2. The van der Waals surface area contributed by atoms with Crippen LogP contribution in [0.5, 0.6) is 0 Å². The molecular weight excluding hydrogens is 750 g/mol. The van der Waals surface area contributed by atoms with E-state index in [2.05, 4.69) is 63.9 Å². The van der Waals surface area contributed by atoms with E-state index in [0.29, 0.717) is 24.1 Å². The number of carbonyl (C=O) groups excluding carboxylic acids is 3. The molecule has 49 heavy (non-hydrogen) atoms. The minimum absolute atomic E-state index is 0.126. The lowest BCUT2D eigenvalue weighted by Gasteiger charge is -2.40. The Balaban J connectivity index is 0.000000283. The maximum Gasteiger partial charge on any atom is 0.410 e. The normalized spacial score (nSPS) is 17.1. The Morgan fingerprint density at radius 3 is 1.61 bits per heavy atom. The Morgan fingerprint density at radius 2 is 1.20 bits per heavy atom. The van der Waals surface area contributed by atoms with Crippen molar-refractivity contribution in [2.24, 2.45) is 11.1 Å². The molecule has 0 aromatic heterocycles. The van der Waals surface area contributed by atoms with Gasteiger partial charge >= 0.3 is 12.2 Å². The zero-order valence-corrected chi connectivity index (χ0v) is 34.6. The number of hydrogen-bond donors (Lipinski definition) is 1. The molecule has 2 aromatic rings. The average molecular weight is 810 g/mol. The summed E-state index contributed by atoms with van der Waals surface area (Å²) in [5.41, 5.74) is 9.82. The summed E-state index contributed by atoms with van der Waals surface area (Å²) in [4.78, 5) is 37.8. The highest BCUT2D eigenvalue weighted by Crippen LogP contribution is 2.37. The first kappa shape index (κ1) is 42.7. The average Bonchev–Trinajstić information content (AvgIpc) is 2.96. The Labute approximate surface area is 312 Å². The number of piperidine rings is 2. The van der Waals surface area contributed by atoms with Gasteiger partial charge in [0.15, 0.2) is 6.29 Å². The first-order chi connectivity index (χ1) is 22.5. The Morgan fingerprint density at radius 1 is 0.776 bits per heavy atom. The van der Waals surface area contributed by atoms with Crippen LogP contribution >= 0.6 is 31.9 Å². The third kappa shape index (κ3) is 16.0. The first-order valence-corrected chi connectivity index (χ1v) is 18.8. The molecule has 0 radical (unpaired) electrons. The van der Waals surface area contributed by atoms with Gasteiger partial charge in [-0.2, -0.15) is 0 Å². The monoisotopic (exact) mass is 807 g/mol. The molecule has 0 atom stereocenters. The SMILES string of the molecule is CC1(N)CCN(C(=O)OC(C)(C)C)CC1.Cc1ccc(C=O)c(Br)c1.Cc1ccc(CCC2(C)CCN(C(=O)OC(C)(C)C)CC2)c(Br)c1. The number of aryl methyl sites for hydroxylation is 3. The van der Waals surface area contributed by atoms with Crippen molar-refractivity contribution >= 4 is 50.3 Å². The Bertz CT molecular complexity index is 1400. The maximum absolute atomic E-state index is 12.2. The molecule has 2 aromatic carbocycles. The van der Waals surface area contributed by atoms with Crippen LogP contribution in [0.4, 0.5) is 9.59 Å². The molecule has 0 saturated carbocycles. The second kappa shape index (κ2) is 18.2. The molecule has 8 nitrogen and oxygen atoms in total. The van der Waals surface area contributed by atoms with E-state index in [1.807, 2.05) is 72.4 Å². The van der Waals surface area contributed by atoms with Crippen LogP contribution in [0.3, 0.4) is 0 Å². The topological polar surface area (TPSA) is 102 Å². The molecular formula is C39H59Br2N3O5. The molecule has 10 heteroatoms. The summed E-state index contributed by atoms with van der Waals surface area (Å²) in [6.45, 7) is 22.8. The van der Waals surface area contributed by atoms with Gasteiger partial charge in [-0.25, -0.2) is 9.59 Å². The van der Waals surface area contributed by atoms with Crippen molar-refractivity contribution in [3.05, 3.63) is 67.6 Å². The fourth-order valence-electron chi connectivity index (χ4n) is 5.35. The summed E-state index contributed by atoms with van der Waals surface area (Å²) in [5, 5.41) is 0. The van der Waals surface area contributed by atoms with E-state index < -0.39 is 11.2 Å². The molecule has 2 aliphatic rings. The molecule has 2 N–H and O–H groups in total. The Hall–Kier alpha value is -2.43. The largest absolute Gasteiger partial charge is 0.444 e. The van der Waals surface area contributed by atoms with Gasteiger partial charge in [-0.3, -0.25) is 4.79 Å². The maximum atomic E-state index is 12.2. The quantitative estimate of drug-likeness (QED) is 0.309. The van der Waals surface area contributed by atoms with Crippen molar-refractivity contribution in [1.29, 1.82) is 0 Å². The number of hydrogen-bond acceptors (Lipinski definition) is 6. The molecule has 2 aliphatic heterocycles. The van der Waals surface area contributed by atoms with E-state index >= 15 is 0 Å². The zero-order chi connectivity index (χ0) is 37.2. The first-order valence-electron chi connectivity index (χ1n) is 17.2. The summed E-state index contributed by atoms with van der Waals surface area (Å²) in [6.07, 6.45) is 6.41. The lowest BCUT2D eigenvalue weighted by atomic mass is 9.76. The molecule has 2 fully saturated rings. The van der Waals surface area contributed by atoms with Crippen LogP contribution in [0.1, 0.15) is 115 Å². The summed E-state index contributed by atoms with van der Waals surface area (Å²) >= 11 is 6.95. The molecule has 0 bridgehead atoms. The third-order valence-corrected chi connectivity index (χ3v) is 10.1. The highest BCUT2D eigenvalue weighted by molar-refractivity contribution is 9.10. The predicted molar refractivity (Wildman–Crippen MR) is 206 cm³/mol. The van der Waals surface area contributed by atoms with Gasteiger partial charge in [-0.1, -0.05) is 63.0 Å². The minimum atomic E-state index is -0.421. The molecule has 274 valence electrons. The lowest BCUT2D eigenvalue weighted by molar-refractivity contribution is 0.0109. The van der Waals surface area contributed by atoms with E-state index in [0.717, 1.165) is 67.9 Å². The number of carbonyl (C=O) groups is 3. The molecule has 2 amide bonds. The van der Waals surface area contributed by atoms with Crippen LogP contribution in [0.2, 0.25) is 0 Å². The smallest absolute Gasteiger partial charge is 0.410 e. The van der Waals surface area contributed by atoms with E-state index in [-0.39, 0.29) is 17.7 Å². The molecule has 0 spiro atoms. The second-order valence-corrected chi connectivity index (χ2v) is 17.8. The van der Waals surface area contributed by atoms with Crippen molar-refractivity contribution in [2.75, 3.05) is 26.2 Å². The van der Waals surface area contributed by atoms with Gasteiger partial charge in [0.2, 0.25) is 0 Å². The lowest BCUT2D eigenvalue weighted by Crippen LogP contribution is -2.50. The van der Waals surface area contributed by atoms with Gasteiger partial charge in [0, 0.05) is 46.2 Å². The summed E-state index contributed by atoms with van der Waals surface area (Å²) in [7, 11) is 0. The summed E-state index contributed by atoms with van der Waals surface area (Å²) in [5.74, 6) is 0. The van der Waals surface area contributed by atoms with Crippen LogP contribution in [0.15, 0.2) is 45.3 Å². The number of likely N-dealkylation sites (tertiary alicyclic amines) is 2. The van der Waals surface area contributed by atoms with E-state index in [1.165, 1.54) is 15.6 Å². The van der Waals surface area contributed by atoms with Crippen LogP contribution < -0.4 is 5.73 Å².